The number of nitrogens with zero attached hydrogens (tertiary/aromatic N) is 3. The van der Waals surface area contributed by atoms with Crippen LogP contribution in [0.4, 0.5) is 17.2 Å². The minimum Gasteiger partial charge on any atom is -0.390 e. The lowest BCUT2D eigenvalue weighted by atomic mass is 10.1. The van der Waals surface area contributed by atoms with Crippen molar-refractivity contribution in [2.75, 3.05) is 25.9 Å². The monoisotopic (exact) mass is 243 g/mol. The van der Waals surface area contributed by atoms with Crippen LogP contribution in [0.25, 0.3) is 10.9 Å². The molecular weight excluding hydrogens is 228 g/mol. The van der Waals surface area contributed by atoms with E-state index in [9.17, 15) is 5.11 Å². The summed E-state index contributed by atoms with van der Waals surface area (Å²) in [6, 6.07) is 7.87. The summed E-state index contributed by atoms with van der Waals surface area (Å²) in [5.74, 6) is 0.444. The number of anilines is 1. The highest BCUT2D eigenvalue weighted by Gasteiger charge is 2.35. The largest absolute Gasteiger partial charge is 0.390 e. The number of rotatable bonds is 2. The molecule has 92 valence electrons. The van der Waals surface area contributed by atoms with Crippen LogP contribution in [0.15, 0.2) is 29.3 Å². The first kappa shape index (κ1) is 11.1. The van der Waals surface area contributed by atoms with E-state index in [1.807, 2.05) is 37.7 Å². The molecule has 0 amide bonds. The molecule has 1 aliphatic rings. The van der Waals surface area contributed by atoms with Gasteiger partial charge in [-0.1, -0.05) is 12.1 Å². The van der Waals surface area contributed by atoms with Crippen LogP contribution >= 0.6 is 0 Å². The Kier molecular flexibility index (Phi) is 2.33. The number of aromatic nitrogens is 1. The van der Waals surface area contributed by atoms with Gasteiger partial charge in [-0.25, -0.2) is 9.47 Å². The van der Waals surface area contributed by atoms with Crippen molar-refractivity contribution in [1.82, 2.24) is 9.47 Å². The van der Waals surface area contributed by atoms with Crippen LogP contribution in [-0.4, -0.2) is 36.6 Å². The summed E-state index contributed by atoms with van der Waals surface area (Å²) in [4.78, 5) is 8.73. The third-order valence-corrected chi connectivity index (χ3v) is 3.38. The molecule has 0 radical (unpaired) electrons. The molecule has 18 heavy (non-hydrogen) atoms. The van der Waals surface area contributed by atoms with Gasteiger partial charge in [0.05, 0.1) is 24.6 Å². The Morgan fingerprint density at radius 2 is 2.11 bits per heavy atom. The fourth-order valence-corrected chi connectivity index (χ4v) is 2.47. The van der Waals surface area contributed by atoms with Crippen molar-refractivity contribution >= 4 is 34.4 Å². The Balaban J connectivity index is 2.36. The molecule has 5 heteroatoms. The molecule has 1 atom stereocenters. The Labute approximate surface area is 105 Å². The van der Waals surface area contributed by atoms with E-state index in [2.05, 4.69) is 9.98 Å². The minimum absolute atomic E-state index is 0.0957. The van der Waals surface area contributed by atoms with Crippen LogP contribution in [0.1, 0.15) is 0 Å². The standard InChI is InChI=1S/C13H15N4O/c1-17(6-7-18)8-15-11-12(17)9-4-2-3-5-10(9)16-13(11)14/h2-5,8,18H,6-7H2,1H3,(H2,14,16)/q+1. The van der Waals surface area contributed by atoms with Gasteiger partial charge >= 0.3 is 0 Å². The second-order valence-electron chi connectivity index (χ2n) is 4.67. The topological polar surface area (TPSA) is 71.5 Å². The Morgan fingerprint density at radius 1 is 1.33 bits per heavy atom. The van der Waals surface area contributed by atoms with Crippen molar-refractivity contribution in [3.05, 3.63) is 24.3 Å². The zero-order chi connectivity index (χ0) is 12.8. The summed E-state index contributed by atoms with van der Waals surface area (Å²) in [6.07, 6.45) is 1.81. The highest BCUT2D eigenvalue weighted by atomic mass is 16.3. The number of para-hydroxylation sites is 1. The van der Waals surface area contributed by atoms with Gasteiger partial charge in [-0.3, -0.25) is 0 Å². The number of aliphatic hydroxyl groups excluding tert-OH is 1. The summed E-state index contributed by atoms with van der Waals surface area (Å²) in [5.41, 5.74) is 8.57. The van der Waals surface area contributed by atoms with E-state index in [0.717, 1.165) is 22.3 Å². The van der Waals surface area contributed by atoms with Crippen molar-refractivity contribution in [2.45, 2.75) is 0 Å². The van der Waals surface area contributed by atoms with Crippen molar-refractivity contribution in [2.24, 2.45) is 4.99 Å². The maximum Gasteiger partial charge on any atom is 0.195 e. The molecule has 0 spiro atoms. The average Bonchev–Trinajstić information content (AvgIpc) is 2.69. The molecular formula is C13H15N4O+. The zero-order valence-electron chi connectivity index (χ0n) is 10.2. The van der Waals surface area contributed by atoms with E-state index in [4.69, 9.17) is 5.73 Å². The molecule has 3 rings (SSSR count). The summed E-state index contributed by atoms with van der Waals surface area (Å²) in [6.45, 7) is 0.669. The molecule has 0 saturated carbocycles. The van der Waals surface area contributed by atoms with Gasteiger partial charge in [-0.2, -0.15) is 4.99 Å². The van der Waals surface area contributed by atoms with Gasteiger partial charge in [0.15, 0.2) is 23.5 Å². The SMILES string of the molecule is C[N+]1(CCO)C=Nc2c(N)nc3ccccc3c21. The number of nitrogens with two attached hydrogens (primary N) is 1. The number of quaternary nitrogens is 1. The number of likely N-dealkylation sites (N-methyl/N-ethyl adjacent to an activating group) is 1. The van der Waals surface area contributed by atoms with E-state index in [0.29, 0.717) is 16.8 Å². The van der Waals surface area contributed by atoms with Gasteiger partial charge in [0.25, 0.3) is 0 Å². The fraction of sp³-hybridized carbons (Fsp3) is 0.231. The molecule has 0 aliphatic carbocycles. The molecule has 0 bridgehead atoms. The van der Waals surface area contributed by atoms with Crippen molar-refractivity contribution in [3.8, 4) is 0 Å². The lowest BCUT2D eigenvalue weighted by molar-refractivity contribution is 0.267. The Morgan fingerprint density at radius 3 is 2.89 bits per heavy atom. The van der Waals surface area contributed by atoms with Crippen LogP contribution in [0, 0.1) is 0 Å². The Bertz CT molecular complexity index is 653. The van der Waals surface area contributed by atoms with Crippen molar-refractivity contribution in [1.29, 1.82) is 0 Å². The third kappa shape index (κ3) is 1.41. The van der Waals surface area contributed by atoms with Crippen LogP contribution in [0.2, 0.25) is 0 Å². The molecule has 1 aliphatic heterocycles. The predicted molar refractivity (Wildman–Crippen MR) is 74.0 cm³/mol. The lowest BCUT2D eigenvalue weighted by Crippen LogP contribution is -2.44. The van der Waals surface area contributed by atoms with E-state index in [1.54, 1.807) is 0 Å². The number of hydrogen-bond acceptors (Lipinski definition) is 4. The van der Waals surface area contributed by atoms with E-state index in [-0.39, 0.29) is 6.61 Å². The number of pyridine rings is 1. The maximum atomic E-state index is 9.23. The Hall–Kier alpha value is -1.98. The van der Waals surface area contributed by atoms with Crippen molar-refractivity contribution < 1.29 is 5.11 Å². The summed E-state index contributed by atoms with van der Waals surface area (Å²) in [7, 11) is 2.01. The van der Waals surface area contributed by atoms with E-state index >= 15 is 0 Å². The molecule has 2 heterocycles. The summed E-state index contributed by atoms with van der Waals surface area (Å²) in [5, 5.41) is 10.3. The third-order valence-electron chi connectivity index (χ3n) is 3.38. The molecule has 2 aromatic rings. The van der Waals surface area contributed by atoms with Gasteiger partial charge in [0.2, 0.25) is 0 Å². The fourth-order valence-electron chi connectivity index (χ4n) is 2.47. The second kappa shape index (κ2) is 3.76. The smallest absolute Gasteiger partial charge is 0.195 e. The quantitative estimate of drug-likeness (QED) is 0.783. The number of aliphatic hydroxyl groups is 1. The van der Waals surface area contributed by atoms with Crippen LogP contribution in [0.5, 0.6) is 0 Å². The van der Waals surface area contributed by atoms with Crippen LogP contribution < -0.4 is 10.2 Å². The highest BCUT2D eigenvalue weighted by molar-refractivity contribution is 6.07. The second-order valence-corrected chi connectivity index (χ2v) is 4.67. The zero-order valence-corrected chi connectivity index (χ0v) is 10.2. The number of nitrogen functional groups attached to an aromatic ring is 1. The number of benzene rings is 1. The molecule has 1 aromatic heterocycles. The van der Waals surface area contributed by atoms with Gasteiger partial charge in [0, 0.05) is 0 Å². The maximum absolute atomic E-state index is 9.23. The molecule has 1 unspecified atom stereocenters. The molecule has 0 saturated heterocycles. The molecule has 5 nitrogen and oxygen atoms in total. The first-order valence-corrected chi connectivity index (χ1v) is 5.86. The predicted octanol–water partition coefficient (Wildman–Crippen LogP) is 1.42. The summed E-state index contributed by atoms with van der Waals surface area (Å²) >= 11 is 0. The van der Waals surface area contributed by atoms with E-state index in [1.165, 1.54) is 0 Å². The highest BCUT2D eigenvalue weighted by Crippen LogP contribution is 2.44. The van der Waals surface area contributed by atoms with Gasteiger partial charge in [0.1, 0.15) is 6.54 Å². The van der Waals surface area contributed by atoms with Gasteiger partial charge in [-0.15, -0.1) is 0 Å². The first-order chi connectivity index (χ1) is 8.65. The van der Waals surface area contributed by atoms with Crippen molar-refractivity contribution in [3.63, 3.8) is 0 Å². The lowest BCUT2D eigenvalue weighted by Gasteiger charge is -2.25. The van der Waals surface area contributed by atoms with Crippen LogP contribution in [0.3, 0.4) is 0 Å². The molecule has 3 N–H and O–H groups in total. The normalized spacial score (nSPS) is 21.4. The number of aliphatic imine (C=N–C) groups is 1. The summed E-state index contributed by atoms with van der Waals surface area (Å²) < 4.78 is 0.457. The molecule has 0 fully saturated rings. The first-order valence-electron chi connectivity index (χ1n) is 5.86. The number of fused-ring (bicyclic) bond motifs is 3. The van der Waals surface area contributed by atoms with Gasteiger partial charge in [-0.05, 0) is 12.1 Å². The van der Waals surface area contributed by atoms with Crippen LogP contribution in [-0.2, 0) is 0 Å². The average molecular weight is 243 g/mol. The number of hydrogen-bond donors (Lipinski definition) is 2. The minimum atomic E-state index is 0.0957. The van der Waals surface area contributed by atoms with E-state index < -0.39 is 0 Å². The van der Waals surface area contributed by atoms with Gasteiger partial charge < -0.3 is 10.8 Å². The molecule has 1 aromatic carbocycles.